The summed E-state index contributed by atoms with van der Waals surface area (Å²) in [4.78, 5) is 0. The summed E-state index contributed by atoms with van der Waals surface area (Å²) in [6.07, 6.45) is 0. The van der Waals surface area contributed by atoms with Crippen LogP contribution in [0.2, 0.25) is 0 Å². The number of benzene rings is 9. The van der Waals surface area contributed by atoms with Crippen LogP contribution in [-0.2, 0) is 0 Å². The van der Waals surface area contributed by atoms with Gasteiger partial charge in [-0.3, -0.25) is 0 Å². The minimum atomic E-state index is 1.16. The third-order valence-corrected chi connectivity index (χ3v) is 12.7. The largest absolute Gasteiger partial charge is 0.309 e. The summed E-state index contributed by atoms with van der Waals surface area (Å²) >= 11 is 1.89. The molecule has 3 heteroatoms. The fourth-order valence-electron chi connectivity index (χ4n) is 8.95. The molecule has 0 bridgehead atoms. The van der Waals surface area contributed by atoms with E-state index in [1.807, 2.05) is 11.3 Å². The number of thiophene rings is 1. The lowest BCUT2D eigenvalue weighted by Crippen LogP contribution is -1.94. The molecule has 0 radical (unpaired) electrons. The van der Waals surface area contributed by atoms with E-state index < -0.39 is 0 Å². The van der Waals surface area contributed by atoms with E-state index in [0.29, 0.717) is 0 Å². The third kappa shape index (κ3) is 4.60. The maximum absolute atomic E-state index is 2.44. The summed E-state index contributed by atoms with van der Waals surface area (Å²) in [6.45, 7) is 0. The molecule has 0 fully saturated rings. The summed E-state index contributed by atoms with van der Waals surface area (Å²) in [5.41, 5.74) is 12.1. The zero-order valence-corrected chi connectivity index (χ0v) is 30.6. The lowest BCUT2D eigenvalue weighted by Gasteiger charge is -2.12. The van der Waals surface area contributed by atoms with Gasteiger partial charge in [0.05, 0.1) is 22.1 Å². The quantitative estimate of drug-likeness (QED) is 0.172. The van der Waals surface area contributed by atoms with E-state index in [-0.39, 0.29) is 0 Å². The third-order valence-electron chi connectivity index (χ3n) is 11.5. The van der Waals surface area contributed by atoms with E-state index in [9.17, 15) is 0 Å². The molecule has 0 saturated heterocycles. The molecular formula is C52H32N2S. The van der Waals surface area contributed by atoms with Crippen molar-refractivity contribution in [2.45, 2.75) is 0 Å². The fourth-order valence-corrected chi connectivity index (χ4v) is 10.2. The zero-order chi connectivity index (χ0) is 36.0. The van der Waals surface area contributed by atoms with Crippen molar-refractivity contribution in [2.24, 2.45) is 0 Å². The van der Waals surface area contributed by atoms with Gasteiger partial charge >= 0.3 is 0 Å². The van der Waals surface area contributed by atoms with Crippen LogP contribution in [0.15, 0.2) is 194 Å². The van der Waals surface area contributed by atoms with Crippen LogP contribution in [0, 0.1) is 0 Å². The molecule has 0 atom stereocenters. The van der Waals surface area contributed by atoms with Crippen LogP contribution < -0.4 is 0 Å². The molecule has 55 heavy (non-hydrogen) atoms. The Kier molecular flexibility index (Phi) is 6.54. The lowest BCUT2D eigenvalue weighted by molar-refractivity contribution is 1.18. The molecule has 3 aromatic heterocycles. The molecule has 9 aromatic carbocycles. The highest BCUT2D eigenvalue weighted by Crippen LogP contribution is 2.42. The Balaban J connectivity index is 1.01. The standard InChI is InChI=1S/C52H32N2S/c1-2-11-38(12-3-1)53-47-18-7-4-13-41(47)43-27-24-35(31-49(43)53)36-25-28-44-42-14-5-8-19-48(42)54(50(44)32-36)39-26-23-33-29-37(22-21-34(33)30-39)40-16-10-17-46-45-15-6-9-20-51(45)55-52(40)46/h1-32H. The van der Waals surface area contributed by atoms with Gasteiger partial charge in [-0.25, -0.2) is 0 Å². The molecular weight excluding hydrogens is 685 g/mol. The molecule has 0 aliphatic rings. The van der Waals surface area contributed by atoms with Crippen molar-refractivity contribution in [3.63, 3.8) is 0 Å². The van der Waals surface area contributed by atoms with Gasteiger partial charge < -0.3 is 9.13 Å². The Morgan fingerprint density at radius 3 is 1.58 bits per heavy atom. The van der Waals surface area contributed by atoms with Crippen LogP contribution in [-0.4, -0.2) is 9.13 Å². The first kappa shape index (κ1) is 30.5. The van der Waals surface area contributed by atoms with Gasteiger partial charge in [0.1, 0.15) is 0 Å². The molecule has 0 aliphatic carbocycles. The van der Waals surface area contributed by atoms with Gasteiger partial charge in [-0.15, -0.1) is 11.3 Å². The van der Waals surface area contributed by atoms with E-state index in [1.54, 1.807) is 0 Å². The molecule has 0 spiro atoms. The van der Waals surface area contributed by atoms with E-state index in [1.165, 1.54) is 102 Å². The maximum atomic E-state index is 2.44. The Hall–Kier alpha value is -6.94. The maximum Gasteiger partial charge on any atom is 0.0547 e. The highest BCUT2D eigenvalue weighted by atomic mass is 32.1. The van der Waals surface area contributed by atoms with Crippen molar-refractivity contribution in [3.05, 3.63) is 194 Å². The van der Waals surface area contributed by atoms with Crippen molar-refractivity contribution >= 4 is 85.9 Å². The first-order valence-electron chi connectivity index (χ1n) is 18.8. The predicted octanol–water partition coefficient (Wildman–Crippen LogP) is 14.7. The smallest absolute Gasteiger partial charge is 0.0547 e. The van der Waals surface area contributed by atoms with Crippen LogP contribution in [0.3, 0.4) is 0 Å². The van der Waals surface area contributed by atoms with Gasteiger partial charge in [-0.1, -0.05) is 133 Å². The summed E-state index contributed by atoms with van der Waals surface area (Å²) in [5.74, 6) is 0. The van der Waals surface area contributed by atoms with Gasteiger partial charge in [0, 0.05) is 53.1 Å². The highest BCUT2D eigenvalue weighted by Gasteiger charge is 2.17. The fraction of sp³-hybridized carbons (Fsp3) is 0. The Bertz CT molecular complexity index is 3490. The molecule has 0 saturated carbocycles. The van der Waals surface area contributed by atoms with Crippen LogP contribution >= 0.6 is 11.3 Å². The van der Waals surface area contributed by atoms with Crippen LogP contribution in [0.5, 0.6) is 0 Å². The second kappa shape index (κ2) is 11.8. The second-order valence-corrected chi connectivity index (χ2v) is 15.6. The van der Waals surface area contributed by atoms with Gasteiger partial charge in [0.25, 0.3) is 0 Å². The van der Waals surface area contributed by atoms with E-state index >= 15 is 0 Å². The molecule has 12 rings (SSSR count). The van der Waals surface area contributed by atoms with Crippen LogP contribution in [0.1, 0.15) is 0 Å². The predicted molar refractivity (Wildman–Crippen MR) is 236 cm³/mol. The second-order valence-electron chi connectivity index (χ2n) is 14.5. The Labute approximate surface area is 321 Å². The van der Waals surface area contributed by atoms with Crippen molar-refractivity contribution in [2.75, 3.05) is 0 Å². The number of hydrogen-bond acceptors (Lipinski definition) is 1. The number of fused-ring (bicyclic) bond motifs is 10. The Morgan fingerprint density at radius 2 is 0.855 bits per heavy atom. The Morgan fingerprint density at radius 1 is 0.309 bits per heavy atom. The zero-order valence-electron chi connectivity index (χ0n) is 29.8. The normalized spacial score (nSPS) is 12.0. The van der Waals surface area contributed by atoms with Crippen molar-refractivity contribution in [1.29, 1.82) is 0 Å². The van der Waals surface area contributed by atoms with E-state index in [2.05, 4.69) is 203 Å². The van der Waals surface area contributed by atoms with Crippen LogP contribution in [0.25, 0.3) is 108 Å². The molecule has 256 valence electrons. The summed E-state index contributed by atoms with van der Waals surface area (Å²) in [6, 6.07) is 71.5. The first-order valence-corrected chi connectivity index (χ1v) is 19.7. The number of rotatable bonds is 4. The van der Waals surface area contributed by atoms with Gasteiger partial charge in [0.2, 0.25) is 0 Å². The minimum absolute atomic E-state index is 1.16. The number of aromatic nitrogens is 2. The van der Waals surface area contributed by atoms with Gasteiger partial charge in [0.15, 0.2) is 0 Å². The molecule has 0 N–H and O–H groups in total. The minimum Gasteiger partial charge on any atom is -0.309 e. The monoisotopic (exact) mass is 716 g/mol. The SMILES string of the molecule is c1ccc(-n2c3ccccc3c3ccc(-c4ccc5c6ccccc6n(-c6ccc7cc(-c8cccc9c8sc8ccccc89)ccc7c6)c5c4)cc32)cc1. The van der Waals surface area contributed by atoms with Gasteiger partial charge in [-0.05, 0) is 93.7 Å². The molecule has 3 heterocycles. The van der Waals surface area contributed by atoms with Crippen LogP contribution in [0.4, 0.5) is 0 Å². The van der Waals surface area contributed by atoms with Crippen molar-refractivity contribution in [1.82, 2.24) is 9.13 Å². The average molecular weight is 717 g/mol. The number of para-hydroxylation sites is 3. The highest BCUT2D eigenvalue weighted by molar-refractivity contribution is 7.26. The molecule has 2 nitrogen and oxygen atoms in total. The van der Waals surface area contributed by atoms with E-state index in [0.717, 1.165) is 5.69 Å². The summed E-state index contributed by atoms with van der Waals surface area (Å²) < 4.78 is 7.52. The molecule has 0 aliphatic heterocycles. The summed E-state index contributed by atoms with van der Waals surface area (Å²) in [5, 5.41) is 10.2. The summed E-state index contributed by atoms with van der Waals surface area (Å²) in [7, 11) is 0. The first-order chi connectivity index (χ1) is 27.3. The molecule has 12 aromatic rings. The average Bonchev–Trinajstić information content (AvgIpc) is 3.91. The molecule has 0 amide bonds. The van der Waals surface area contributed by atoms with Crippen molar-refractivity contribution < 1.29 is 0 Å². The number of hydrogen-bond donors (Lipinski definition) is 0. The molecule has 0 unspecified atom stereocenters. The van der Waals surface area contributed by atoms with E-state index in [4.69, 9.17) is 0 Å². The van der Waals surface area contributed by atoms with Gasteiger partial charge in [-0.2, -0.15) is 0 Å². The lowest BCUT2D eigenvalue weighted by atomic mass is 9.99. The topological polar surface area (TPSA) is 9.86 Å². The number of nitrogens with zero attached hydrogens (tertiary/aromatic N) is 2. The van der Waals surface area contributed by atoms with Crippen molar-refractivity contribution in [3.8, 4) is 33.6 Å².